The number of rotatable bonds is 7. The molecule has 0 saturated carbocycles. The van der Waals surface area contributed by atoms with Crippen LogP contribution in [0.5, 0.6) is 0 Å². The largest absolute Gasteiger partial charge is 0.329 e. The lowest BCUT2D eigenvalue weighted by Crippen LogP contribution is -2.49. The quantitative estimate of drug-likeness (QED) is 0.778. The Morgan fingerprint density at radius 1 is 1.41 bits per heavy atom. The van der Waals surface area contributed by atoms with E-state index in [0.717, 1.165) is 31.9 Å². The Balaban J connectivity index is 2.77. The number of aromatic nitrogens is 3. The highest BCUT2D eigenvalue weighted by Crippen LogP contribution is 2.15. The molecule has 1 aromatic heterocycles. The van der Waals surface area contributed by atoms with Crippen molar-refractivity contribution in [3.63, 3.8) is 0 Å². The van der Waals surface area contributed by atoms with Crippen molar-refractivity contribution in [3.8, 4) is 0 Å². The lowest BCUT2D eigenvalue weighted by molar-refractivity contribution is 0.120. The van der Waals surface area contributed by atoms with Crippen LogP contribution in [0.25, 0.3) is 0 Å². The Bertz CT molecular complexity index is 331. The molecular weight excluding hydrogens is 214 g/mol. The highest BCUT2D eigenvalue weighted by atomic mass is 15.4. The van der Waals surface area contributed by atoms with Gasteiger partial charge in [0.15, 0.2) is 0 Å². The number of aryl methyl sites for hydroxylation is 1. The monoisotopic (exact) mass is 239 g/mol. The van der Waals surface area contributed by atoms with Gasteiger partial charge < -0.3 is 5.73 Å². The van der Waals surface area contributed by atoms with Gasteiger partial charge >= 0.3 is 0 Å². The van der Waals surface area contributed by atoms with E-state index in [1.54, 1.807) is 6.33 Å². The van der Waals surface area contributed by atoms with Gasteiger partial charge in [0.2, 0.25) is 0 Å². The lowest BCUT2D eigenvalue weighted by atomic mass is 10.0. The molecule has 2 N–H and O–H groups in total. The van der Waals surface area contributed by atoms with E-state index >= 15 is 0 Å². The van der Waals surface area contributed by atoms with E-state index in [4.69, 9.17) is 5.73 Å². The van der Waals surface area contributed by atoms with Crippen molar-refractivity contribution in [3.05, 3.63) is 12.2 Å². The number of nitrogens with two attached hydrogens (primary N) is 1. The van der Waals surface area contributed by atoms with Crippen LogP contribution in [0.15, 0.2) is 6.33 Å². The molecule has 1 aromatic rings. The zero-order valence-electron chi connectivity index (χ0n) is 11.5. The van der Waals surface area contributed by atoms with Crippen LogP contribution in [-0.2, 0) is 13.1 Å². The smallest absolute Gasteiger partial charge is 0.141 e. The SMILES string of the molecule is CCCn1ncnc1CN(CC)C(C)(C)CN. The van der Waals surface area contributed by atoms with E-state index in [2.05, 4.69) is 42.7 Å². The zero-order valence-corrected chi connectivity index (χ0v) is 11.5. The molecule has 0 fully saturated rings. The van der Waals surface area contributed by atoms with Gasteiger partial charge in [0.05, 0.1) is 6.54 Å². The molecule has 0 unspecified atom stereocenters. The molecule has 0 aliphatic carbocycles. The summed E-state index contributed by atoms with van der Waals surface area (Å²) in [6.45, 7) is 12.0. The standard InChI is InChI=1S/C12H25N5/c1-5-7-17-11(14-10-15-17)8-16(6-2)12(3,4)9-13/h10H,5-9,13H2,1-4H3. The topological polar surface area (TPSA) is 60.0 Å². The number of hydrogen-bond acceptors (Lipinski definition) is 4. The van der Waals surface area contributed by atoms with E-state index in [1.807, 2.05) is 4.68 Å². The molecule has 17 heavy (non-hydrogen) atoms. The first-order valence-corrected chi connectivity index (χ1v) is 6.37. The van der Waals surface area contributed by atoms with Gasteiger partial charge in [-0.05, 0) is 26.8 Å². The maximum atomic E-state index is 5.82. The average molecular weight is 239 g/mol. The molecule has 0 saturated heterocycles. The first-order valence-electron chi connectivity index (χ1n) is 6.37. The molecular formula is C12H25N5. The van der Waals surface area contributed by atoms with Crippen molar-refractivity contribution in [1.82, 2.24) is 19.7 Å². The third-order valence-corrected chi connectivity index (χ3v) is 3.20. The van der Waals surface area contributed by atoms with Gasteiger partial charge in [-0.15, -0.1) is 0 Å². The third kappa shape index (κ3) is 3.51. The van der Waals surface area contributed by atoms with Crippen LogP contribution >= 0.6 is 0 Å². The second kappa shape index (κ2) is 6.12. The number of likely N-dealkylation sites (N-methyl/N-ethyl adjacent to an activating group) is 1. The summed E-state index contributed by atoms with van der Waals surface area (Å²) in [5, 5.41) is 4.25. The second-order valence-electron chi connectivity index (χ2n) is 4.93. The summed E-state index contributed by atoms with van der Waals surface area (Å²) in [7, 11) is 0. The van der Waals surface area contributed by atoms with Gasteiger partial charge in [-0.25, -0.2) is 9.67 Å². The first-order chi connectivity index (χ1) is 8.05. The van der Waals surface area contributed by atoms with Gasteiger partial charge in [0, 0.05) is 18.6 Å². The molecule has 0 spiro atoms. The van der Waals surface area contributed by atoms with Crippen LogP contribution in [0.1, 0.15) is 39.9 Å². The summed E-state index contributed by atoms with van der Waals surface area (Å²) in [5.41, 5.74) is 5.82. The lowest BCUT2D eigenvalue weighted by Gasteiger charge is -2.36. The van der Waals surface area contributed by atoms with Gasteiger partial charge in [-0.3, -0.25) is 4.90 Å². The minimum Gasteiger partial charge on any atom is -0.329 e. The summed E-state index contributed by atoms with van der Waals surface area (Å²) >= 11 is 0. The van der Waals surface area contributed by atoms with E-state index in [9.17, 15) is 0 Å². The Morgan fingerprint density at radius 3 is 2.65 bits per heavy atom. The van der Waals surface area contributed by atoms with Crippen LogP contribution in [0.3, 0.4) is 0 Å². The molecule has 0 aliphatic rings. The molecule has 5 heteroatoms. The maximum absolute atomic E-state index is 5.82. The van der Waals surface area contributed by atoms with Crippen molar-refractivity contribution in [2.75, 3.05) is 13.1 Å². The second-order valence-corrected chi connectivity index (χ2v) is 4.93. The van der Waals surface area contributed by atoms with Crippen molar-refractivity contribution in [1.29, 1.82) is 0 Å². The third-order valence-electron chi connectivity index (χ3n) is 3.20. The summed E-state index contributed by atoms with van der Waals surface area (Å²) in [6, 6.07) is 0. The van der Waals surface area contributed by atoms with Gasteiger partial charge in [0.25, 0.3) is 0 Å². The molecule has 1 heterocycles. The highest BCUT2D eigenvalue weighted by molar-refractivity contribution is 4.90. The molecule has 0 aromatic carbocycles. The van der Waals surface area contributed by atoms with Crippen LogP contribution < -0.4 is 5.73 Å². The fraction of sp³-hybridized carbons (Fsp3) is 0.833. The average Bonchev–Trinajstić information content (AvgIpc) is 2.73. The highest BCUT2D eigenvalue weighted by Gasteiger charge is 2.25. The molecule has 0 amide bonds. The van der Waals surface area contributed by atoms with E-state index in [1.165, 1.54) is 0 Å². The molecule has 0 aliphatic heterocycles. The molecule has 98 valence electrons. The summed E-state index contributed by atoms with van der Waals surface area (Å²) in [4.78, 5) is 6.68. The van der Waals surface area contributed by atoms with Crippen LogP contribution in [0.2, 0.25) is 0 Å². The Hall–Kier alpha value is -0.940. The van der Waals surface area contributed by atoms with Gasteiger partial charge in [-0.1, -0.05) is 13.8 Å². The fourth-order valence-corrected chi connectivity index (χ4v) is 1.86. The fourth-order valence-electron chi connectivity index (χ4n) is 1.86. The predicted octanol–water partition coefficient (Wildman–Crippen LogP) is 1.25. The predicted molar refractivity (Wildman–Crippen MR) is 69.5 cm³/mol. The summed E-state index contributed by atoms with van der Waals surface area (Å²) < 4.78 is 1.98. The van der Waals surface area contributed by atoms with Crippen molar-refractivity contribution < 1.29 is 0 Å². The number of nitrogens with zero attached hydrogens (tertiary/aromatic N) is 4. The minimum atomic E-state index is -0.00224. The Morgan fingerprint density at radius 2 is 2.12 bits per heavy atom. The molecule has 0 radical (unpaired) electrons. The molecule has 0 bridgehead atoms. The Labute approximate surface area is 104 Å². The summed E-state index contributed by atoms with van der Waals surface area (Å²) in [6.07, 6.45) is 2.71. The van der Waals surface area contributed by atoms with Gasteiger partial charge in [0.1, 0.15) is 12.2 Å². The van der Waals surface area contributed by atoms with Crippen LogP contribution in [0, 0.1) is 0 Å². The maximum Gasteiger partial charge on any atom is 0.141 e. The van der Waals surface area contributed by atoms with Crippen LogP contribution in [-0.4, -0.2) is 38.3 Å². The van der Waals surface area contributed by atoms with E-state index < -0.39 is 0 Å². The van der Waals surface area contributed by atoms with Crippen molar-refractivity contribution in [2.45, 2.75) is 52.7 Å². The van der Waals surface area contributed by atoms with Crippen molar-refractivity contribution in [2.24, 2.45) is 5.73 Å². The van der Waals surface area contributed by atoms with E-state index in [-0.39, 0.29) is 5.54 Å². The minimum absolute atomic E-state index is 0.00224. The molecule has 1 rings (SSSR count). The molecule has 0 atom stereocenters. The summed E-state index contributed by atoms with van der Waals surface area (Å²) in [5.74, 6) is 1.02. The molecule has 5 nitrogen and oxygen atoms in total. The zero-order chi connectivity index (χ0) is 12.9. The normalized spacial score (nSPS) is 12.4. The van der Waals surface area contributed by atoms with Gasteiger partial charge in [-0.2, -0.15) is 5.10 Å². The van der Waals surface area contributed by atoms with Crippen LogP contribution in [0.4, 0.5) is 0 Å². The van der Waals surface area contributed by atoms with Crippen molar-refractivity contribution >= 4 is 0 Å². The van der Waals surface area contributed by atoms with E-state index in [0.29, 0.717) is 6.54 Å². The first kappa shape index (κ1) is 14.1. The Kier molecular flexibility index (Phi) is 5.08. The number of hydrogen-bond donors (Lipinski definition) is 1.